The van der Waals surface area contributed by atoms with E-state index in [-0.39, 0.29) is 11.8 Å². The van der Waals surface area contributed by atoms with Crippen molar-refractivity contribution in [1.82, 2.24) is 9.80 Å². The van der Waals surface area contributed by atoms with Gasteiger partial charge in [-0.25, -0.2) is 0 Å². The lowest BCUT2D eigenvalue weighted by atomic mass is 9.87. The Morgan fingerprint density at radius 1 is 0.925 bits per heavy atom. The van der Waals surface area contributed by atoms with Crippen molar-refractivity contribution < 1.29 is 4.79 Å². The Balaban J connectivity index is -0.000000427. The van der Waals surface area contributed by atoms with Gasteiger partial charge in [0.05, 0.1) is 0 Å². The van der Waals surface area contributed by atoms with Gasteiger partial charge in [-0.2, -0.15) is 0 Å². The molecule has 0 saturated carbocycles. The highest BCUT2D eigenvalue weighted by Gasteiger charge is 2.26. The summed E-state index contributed by atoms with van der Waals surface area (Å²) in [7, 11) is 0. The second kappa shape index (κ2) is 32.2. The third-order valence-electron chi connectivity index (χ3n) is 6.21. The zero-order chi connectivity index (χ0) is 31.9. The van der Waals surface area contributed by atoms with E-state index in [0.717, 1.165) is 32.6 Å². The van der Waals surface area contributed by atoms with Crippen LogP contribution in [0.2, 0.25) is 0 Å². The average molecular weight is 551 g/mol. The number of benzene rings is 1. The first-order valence-corrected chi connectivity index (χ1v) is 15.1. The summed E-state index contributed by atoms with van der Waals surface area (Å²) in [5.41, 5.74) is 2.45. The molecule has 3 nitrogen and oxygen atoms in total. The number of piperazine rings is 1. The van der Waals surface area contributed by atoms with Crippen LogP contribution in [0, 0.1) is 31.6 Å². The molecular weight excluding hydrogens is 488 g/mol. The van der Waals surface area contributed by atoms with Gasteiger partial charge in [-0.1, -0.05) is 110 Å². The second-order valence-corrected chi connectivity index (χ2v) is 8.92. The summed E-state index contributed by atoms with van der Waals surface area (Å²) in [6.45, 7) is 28.2. The van der Waals surface area contributed by atoms with Crippen molar-refractivity contribution >= 4 is 5.91 Å². The van der Waals surface area contributed by atoms with E-state index in [4.69, 9.17) is 0 Å². The highest BCUT2D eigenvalue weighted by atomic mass is 16.2. The number of hydrogen-bond acceptors (Lipinski definition) is 2. The Morgan fingerprint density at radius 3 is 1.77 bits per heavy atom. The number of allylic oxidation sites excluding steroid dienone is 5. The molecule has 0 spiro atoms. The number of hydrogen-bond donors (Lipinski definition) is 0. The molecule has 1 amide bonds. The lowest BCUT2D eigenvalue weighted by Crippen LogP contribution is -2.51. The molecule has 2 atom stereocenters. The molecule has 40 heavy (non-hydrogen) atoms. The molecule has 3 heteroatoms. The maximum absolute atomic E-state index is 13.1. The number of amides is 1. The van der Waals surface area contributed by atoms with Crippen molar-refractivity contribution in [1.29, 1.82) is 0 Å². The molecular formula is C37H62N2O. The van der Waals surface area contributed by atoms with Gasteiger partial charge in [0.2, 0.25) is 5.91 Å². The van der Waals surface area contributed by atoms with Crippen LogP contribution in [0.15, 0.2) is 66.8 Å². The van der Waals surface area contributed by atoms with Crippen LogP contribution in [-0.2, 0) is 4.79 Å². The van der Waals surface area contributed by atoms with Gasteiger partial charge >= 0.3 is 0 Å². The monoisotopic (exact) mass is 550 g/mol. The SMILES string of the molecule is C#C.C#C.C/C=C(\C=C/CC)C(CC(=O)N1CCN(C(C)CC)CC1)c1ccccc1.C=CC(C)C.CC.CC. The van der Waals surface area contributed by atoms with Gasteiger partial charge in [0, 0.05) is 44.6 Å². The number of carbonyl (C=O) groups excluding carboxylic acids is 1. The minimum atomic E-state index is 0.124. The van der Waals surface area contributed by atoms with Crippen LogP contribution in [-0.4, -0.2) is 47.9 Å². The van der Waals surface area contributed by atoms with Crippen molar-refractivity contribution in [3.8, 4) is 25.7 Å². The first-order chi connectivity index (χ1) is 19.4. The van der Waals surface area contributed by atoms with Crippen molar-refractivity contribution in [3.63, 3.8) is 0 Å². The molecule has 2 unspecified atom stereocenters. The normalized spacial score (nSPS) is 14.1. The number of nitrogens with zero attached hydrogens (tertiary/aromatic N) is 2. The third kappa shape index (κ3) is 20.0. The van der Waals surface area contributed by atoms with Crippen LogP contribution < -0.4 is 0 Å². The van der Waals surface area contributed by atoms with Crippen LogP contribution in [0.25, 0.3) is 0 Å². The molecule has 0 aromatic heterocycles. The van der Waals surface area contributed by atoms with Crippen molar-refractivity contribution in [2.45, 2.75) is 100 Å². The molecule has 0 aliphatic carbocycles. The lowest BCUT2D eigenvalue weighted by molar-refractivity contribution is -0.133. The molecule has 1 heterocycles. The van der Waals surface area contributed by atoms with E-state index in [0.29, 0.717) is 18.4 Å². The first-order valence-electron chi connectivity index (χ1n) is 15.1. The quantitative estimate of drug-likeness (QED) is 0.174. The zero-order valence-corrected chi connectivity index (χ0v) is 27.7. The van der Waals surface area contributed by atoms with Crippen LogP contribution in [0.4, 0.5) is 0 Å². The van der Waals surface area contributed by atoms with Gasteiger partial charge in [0.15, 0.2) is 0 Å². The summed E-state index contributed by atoms with van der Waals surface area (Å²) >= 11 is 0. The third-order valence-corrected chi connectivity index (χ3v) is 6.21. The topological polar surface area (TPSA) is 23.6 Å². The smallest absolute Gasteiger partial charge is 0.223 e. The standard InChI is InChI=1S/C24H36N2O.C5H10.2C2H6.2C2H2/c1-5-8-12-21(7-3)23(22-13-10-9-11-14-22)19-24(27)26-17-15-25(16-18-26)20(4)6-2;1-4-5(2)3;4*1-2/h7-14,20,23H,5-6,15-19H2,1-4H3;4-5H,1H2,2-3H3;2*1-2H3;2*1-2H/b12-8-,21-7+;;;;;. The van der Waals surface area contributed by atoms with Gasteiger partial charge in [0.25, 0.3) is 0 Å². The number of terminal acetylenes is 2. The maximum Gasteiger partial charge on any atom is 0.223 e. The van der Waals surface area contributed by atoms with E-state index in [1.165, 1.54) is 17.6 Å². The number of rotatable bonds is 9. The molecule has 0 bridgehead atoms. The van der Waals surface area contributed by atoms with Crippen LogP contribution >= 0.6 is 0 Å². The Morgan fingerprint density at radius 2 is 1.40 bits per heavy atom. The second-order valence-electron chi connectivity index (χ2n) is 8.92. The van der Waals surface area contributed by atoms with E-state index in [1.807, 2.05) is 39.8 Å². The summed E-state index contributed by atoms with van der Waals surface area (Å²) in [6.07, 6.45) is 27.1. The molecule has 1 fully saturated rings. The van der Waals surface area contributed by atoms with Gasteiger partial charge in [-0.3, -0.25) is 9.69 Å². The predicted octanol–water partition coefficient (Wildman–Crippen LogP) is 9.40. The predicted molar refractivity (Wildman–Crippen MR) is 182 cm³/mol. The number of carbonyl (C=O) groups is 1. The summed E-state index contributed by atoms with van der Waals surface area (Å²) in [6, 6.07) is 11.1. The molecule has 226 valence electrons. The highest BCUT2D eigenvalue weighted by Crippen LogP contribution is 2.30. The summed E-state index contributed by atoms with van der Waals surface area (Å²) in [5.74, 6) is 1.05. The van der Waals surface area contributed by atoms with E-state index in [2.05, 4.69) is 126 Å². The van der Waals surface area contributed by atoms with E-state index >= 15 is 0 Å². The van der Waals surface area contributed by atoms with Crippen molar-refractivity contribution in [2.24, 2.45) is 5.92 Å². The molecule has 1 saturated heterocycles. The van der Waals surface area contributed by atoms with Gasteiger partial charge in [-0.15, -0.1) is 32.3 Å². The van der Waals surface area contributed by atoms with Crippen molar-refractivity contribution in [3.05, 3.63) is 72.4 Å². The molecule has 2 rings (SSSR count). The van der Waals surface area contributed by atoms with E-state index in [1.54, 1.807) is 0 Å². The van der Waals surface area contributed by atoms with Crippen LogP contribution in [0.3, 0.4) is 0 Å². The molecule has 1 aromatic rings. The molecule has 0 N–H and O–H groups in total. The van der Waals surface area contributed by atoms with Crippen molar-refractivity contribution in [2.75, 3.05) is 26.2 Å². The fourth-order valence-electron chi connectivity index (χ4n) is 3.76. The molecule has 0 radical (unpaired) electrons. The Labute approximate surface area is 250 Å². The van der Waals surface area contributed by atoms with Crippen LogP contribution in [0.5, 0.6) is 0 Å². The maximum atomic E-state index is 13.1. The first kappa shape index (κ1) is 44.0. The molecule has 1 aliphatic heterocycles. The summed E-state index contributed by atoms with van der Waals surface area (Å²) < 4.78 is 0. The summed E-state index contributed by atoms with van der Waals surface area (Å²) in [4.78, 5) is 17.6. The largest absolute Gasteiger partial charge is 0.340 e. The minimum absolute atomic E-state index is 0.124. The molecule has 1 aliphatic rings. The summed E-state index contributed by atoms with van der Waals surface area (Å²) in [5, 5.41) is 0. The van der Waals surface area contributed by atoms with Crippen LogP contribution in [0.1, 0.15) is 100.0 Å². The van der Waals surface area contributed by atoms with E-state index in [9.17, 15) is 4.79 Å². The minimum Gasteiger partial charge on any atom is -0.340 e. The van der Waals surface area contributed by atoms with Gasteiger partial charge < -0.3 is 4.90 Å². The Hall–Kier alpha value is -3.01. The molecule has 1 aromatic carbocycles. The van der Waals surface area contributed by atoms with Gasteiger partial charge in [-0.05, 0) is 43.7 Å². The van der Waals surface area contributed by atoms with Gasteiger partial charge in [0.1, 0.15) is 0 Å². The lowest BCUT2D eigenvalue weighted by Gasteiger charge is -2.38. The fourth-order valence-corrected chi connectivity index (χ4v) is 3.76. The Bertz CT molecular complexity index is 787. The Kier molecular flexibility index (Phi) is 35.4. The zero-order valence-electron chi connectivity index (χ0n) is 27.7. The fraction of sp³-hybridized carbons (Fsp3) is 0.541. The average Bonchev–Trinajstić information content (AvgIpc) is 3.04. The highest BCUT2D eigenvalue weighted by molar-refractivity contribution is 5.78. The van der Waals surface area contributed by atoms with E-state index < -0.39 is 0 Å².